The topological polar surface area (TPSA) is 35.9 Å². The first-order chi connectivity index (χ1) is 10.5. The summed E-state index contributed by atoms with van der Waals surface area (Å²) in [5.41, 5.74) is 1.51. The summed E-state index contributed by atoms with van der Waals surface area (Å²) < 4.78 is 5.33. The molecule has 0 saturated carbocycles. The molecule has 2 heterocycles. The Hall–Kier alpha value is -0.940. The fourth-order valence-corrected chi connectivity index (χ4v) is 3.62. The van der Waals surface area contributed by atoms with Crippen molar-refractivity contribution in [2.45, 2.75) is 25.9 Å². The zero-order valence-electron chi connectivity index (χ0n) is 13.8. The highest BCUT2D eigenvalue weighted by Gasteiger charge is 2.42. The second-order valence-electron chi connectivity index (χ2n) is 7.58. The van der Waals surface area contributed by atoms with Crippen LogP contribution in [0.15, 0.2) is 30.3 Å². The van der Waals surface area contributed by atoms with Gasteiger partial charge in [-0.25, -0.2) is 0 Å². The van der Waals surface area contributed by atoms with Crippen LogP contribution in [0, 0.1) is 5.41 Å². The van der Waals surface area contributed by atoms with Gasteiger partial charge in [0.15, 0.2) is 0 Å². The van der Waals surface area contributed by atoms with Gasteiger partial charge in [0, 0.05) is 38.3 Å². The van der Waals surface area contributed by atoms with E-state index in [1.165, 1.54) is 5.56 Å². The summed E-state index contributed by atoms with van der Waals surface area (Å²) in [4.78, 5) is 5.07. The van der Waals surface area contributed by atoms with E-state index < -0.39 is 0 Å². The van der Waals surface area contributed by atoms with Gasteiger partial charge in [-0.3, -0.25) is 9.80 Å². The molecule has 0 amide bonds. The zero-order chi connectivity index (χ0) is 15.6. The molecule has 0 unspecified atom stereocenters. The highest BCUT2D eigenvalue weighted by Crippen LogP contribution is 2.31. The van der Waals surface area contributed by atoms with Crippen molar-refractivity contribution < 1.29 is 9.84 Å². The third-order valence-corrected chi connectivity index (χ3v) is 5.08. The molecule has 1 aromatic carbocycles. The second kappa shape index (κ2) is 6.28. The monoisotopic (exact) mass is 304 g/mol. The number of aliphatic hydroxyl groups is 1. The molecule has 22 heavy (non-hydrogen) atoms. The first kappa shape index (κ1) is 15.9. The van der Waals surface area contributed by atoms with E-state index >= 15 is 0 Å². The van der Waals surface area contributed by atoms with Crippen molar-refractivity contribution in [2.24, 2.45) is 5.41 Å². The lowest BCUT2D eigenvalue weighted by atomic mass is 9.85. The Bertz CT molecular complexity index is 480. The summed E-state index contributed by atoms with van der Waals surface area (Å²) in [6, 6.07) is 10.7. The van der Waals surface area contributed by atoms with Crippen LogP contribution in [0.5, 0.6) is 0 Å². The average molecular weight is 304 g/mol. The number of hydrogen-bond acceptors (Lipinski definition) is 4. The lowest BCUT2D eigenvalue weighted by molar-refractivity contribution is -0.155. The van der Waals surface area contributed by atoms with Crippen LogP contribution in [-0.2, 0) is 11.3 Å². The second-order valence-corrected chi connectivity index (χ2v) is 7.58. The van der Waals surface area contributed by atoms with Gasteiger partial charge in [0.05, 0.1) is 25.2 Å². The Kier molecular flexibility index (Phi) is 4.55. The quantitative estimate of drug-likeness (QED) is 0.896. The van der Waals surface area contributed by atoms with E-state index in [2.05, 4.69) is 54.0 Å². The smallest absolute Gasteiger partial charge is 0.0579 e. The number of benzene rings is 1. The maximum Gasteiger partial charge on any atom is 0.0579 e. The first-order valence-electron chi connectivity index (χ1n) is 8.23. The zero-order valence-corrected chi connectivity index (χ0v) is 13.8. The number of rotatable bonds is 5. The van der Waals surface area contributed by atoms with E-state index in [1.54, 1.807) is 0 Å². The summed E-state index contributed by atoms with van der Waals surface area (Å²) >= 11 is 0. The average Bonchev–Trinajstić information content (AvgIpc) is 2.46. The molecular weight excluding hydrogens is 276 g/mol. The van der Waals surface area contributed by atoms with Crippen LogP contribution in [-0.4, -0.2) is 66.4 Å². The molecule has 0 aliphatic carbocycles. The van der Waals surface area contributed by atoms with Crippen LogP contribution in [0.1, 0.15) is 19.4 Å². The minimum Gasteiger partial charge on any atom is -0.396 e. The van der Waals surface area contributed by atoms with E-state index in [9.17, 15) is 5.11 Å². The van der Waals surface area contributed by atoms with E-state index in [4.69, 9.17) is 4.74 Å². The van der Waals surface area contributed by atoms with Crippen molar-refractivity contribution in [3.8, 4) is 0 Å². The highest BCUT2D eigenvalue weighted by atomic mass is 16.5. The predicted molar refractivity (Wildman–Crippen MR) is 87.7 cm³/mol. The molecule has 2 aliphatic rings. The summed E-state index contributed by atoms with van der Waals surface area (Å²) in [6.45, 7) is 11.4. The molecule has 2 fully saturated rings. The fraction of sp³-hybridized carbons (Fsp3) is 0.667. The van der Waals surface area contributed by atoms with Gasteiger partial charge in [0.1, 0.15) is 0 Å². The van der Waals surface area contributed by atoms with Crippen molar-refractivity contribution in [1.29, 1.82) is 0 Å². The van der Waals surface area contributed by atoms with Crippen LogP contribution in [0.2, 0.25) is 0 Å². The summed E-state index contributed by atoms with van der Waals surface area (Å²) in [6.07, 6.45) is 0. The Morgan fingerprint density at radius 2 is 1.86 bits per heavy atom. The van der Waals surface area contributed by atoms with E-state index in [0.717, 1.165) is 32.7 Å². The van der Waals surface area contributed by atoms with Gasteiger partial charge in [-0.1, -0.05) is 30.3 Å². The molecule has 0 spiro atoms. The number of nitrogens with zero attached hydrogens (tertiary/aromatic N) is 2. The van der Waals surface area contributed by atoms with Crippen molar-refractivity contribution in [2.75, 3.05) is 46.0 Å². The molecule has 2 aliphatic heterocycles. The molecule has 0 atom stereocenters. The van der Waals surface area contributed by atoms with Gasteiger partial charge >= 0.3 is 0 Å². The van der Waals surface area contributed by atoms with Crippen molar-refractivity contribution in [3.63, 3.8) is 0 Å². The fourth-order valence-electron chi connectivity index (χ4n) is 3.62. The molecule has 122 valence electrons. The summed E-state index contributed by atoms with van der Waals surface area (Å²) in [5, 5.41) is 9.63. The normalized spacial score (nSPS) is 24.9. The van der Waals surface area contributed by atoms with E-state index in [-0.39, 0.29) is 17.6 Å². The first-order valence-corrected chi connectivity index (χ1v) is 8.23. The molecule has 0 bridgehead atoms. The van der Waals surface area contributed by atoms with Gasteiger partial charge in [-0.05, 0) is 19.4 Å². The molecule has 1 aromatic rings. The lowest BCUT2D eigenvalue weighted by Gasteiger charge is -2.51. The van der Waals surface area contributed by atoms with Gasteiger partial charge in [-0.15, -0.1) is 0 Å². The number of aliphatic hydroxyl groups excluding tert-OH is 1. The van der Waals surface area contributed by atoms with Gasteiger partial charge in [0.2, 0.25) is 0 Å². The minimum absolute atomic E-state index is 0.0162. The third-order valence-electron chi connectivity index (χ3n) is 5.08. The number of ether oxygens (including phenoxy) is 1. The van der Waals surface area contributed by atoms with Gasteiger partial charge in [-0.2, -0.15) is 0 Å². The Morgan fingerprint density at radius 3 is 2.41 bits per heavy atom. The van der Waals surface area contributed by atoms with Crippen LogP contribution < -0.4 is 0 Å². The van der Waals surface area contributed by atoms with E-state index in [0.29, 0.717) is 13.2 Å². The maximum absolute atomic E-state index is 9.63. The molecule has 4 heteroatoms. The van der Waals surface area contributed by atoms with Crippen molar-refractivity contribution in [1.82, 2.24) is 9.80 Å². The largest absolute Gasteiger partial charge is 0.396 e. The van der Waals surface area contributed by atoms with Crippen LogP contribution in [0.25, 0.3) is 0 Å². The number of hydrogen-bond donors (Lipinski definition) is 1. The summed E-state index contributed by atoms with van der Waals surface area (Å²) in [7, 11) is 0. The Labute approximate surface area is 133 Å². The van der Waals surface area contributed by atoms with E-state index in [1.807, 2.05) is 0 Å². The predicted octanol–water partition coefficient (Wildman–Crippen LogP) is 1.59. The molecule has 4 nitrogen and oxygen atoms in total. The molecule has 3 rings (SSSR count). The van der Waals surface area contributed by atoms with Crippen molar-refractivity contribution >= 4 is 0 Å². The molecular formula is C18H28N2O2. The van der Waals surface area contributed by atoms with Crippen LogP contribution in [0.3, 0.4) is 0 Å². The molecule has 0 aromatic heterocycles. The third kappa shape index (κ3) is 3.35. The molecule has 1 N–H and O–H groups in total. The van der Waals surface area contributed by atoms with Crippen molar-refractivity contribution in [3.05, 3.63) is 35.9 Å². The highest BCUT2D eigenvalue weighted by molar-refractivity contribution is 5.15. The standard InChI is InChI=1S/C18H28N2O2/c1-17(2)11-19(12-18(13-21)14-22-15-18)8-9-20(17)10-16-6-4-3-5-7-16/h3-7,21H,8-15H2,1-2H3. The van der Waals surface area contributed by atoms with Gasteiger partial charge < -0.3 is 9.84 Å². The number of piperazine rings is 1. The SMILES string of the molecule is CC1(C)CN(CC2(CO)COC2)CCN1Cc1ccccc1. The van der Waals surface area contributed by atoms with Gasteiger partial charge in [0.25, 0.3) is 0 Å². The maximum atomic E-state index is 9.63. The summed E-state index contributed by atoms with van der Waals surface area (Å²) in [5.74, 6) is 0. The Morgan fingerprint density at radius 1 is 1.14 bits per heavy atom. The molecule has 0 radical (unpaired) electrons. The molecule has 2 saturated heterocycles. The van der Waals surface area contributed by atoms with Crippen LogP contribution in [0.4, 0.5) is 0 Å². The van der Waals surface area contributed by atoms with Crippen LogP contribution >= 0.6 is 0 Å². The Balaban J connectivity index is 1.59. The minimum atomic E-state index is -0.0162. The lowest BCUT2D eigenvalue weighted by Crippen LogP contribution is -2.62.